The summed E-state index contributed by atoms with van der Waals surface area (Å²) in [5.41, 5.74) is 8.04. The Morgan fingerprint density at radius 2 is 1.96 bits per heavy atom. The summed E-state index contributed by atoms with van der Waals surface area (Å²) in [5.74, 6) is -0.235. The van der Waals surface area contributed by atoms with Gasteiger partial charge in [0.2, 0.25) is 0 Å². The molecule has 0 saturated carbocycles. The van der Waals surface area contributed by atoms with Gasteiger partial charge in [0.1, 0.15) is 0 Å². The summed E-state index contributed by atoms with van der Waals surface area (Å²) >= 11 is 0. The molecule has 2 aromatic rings. The van der Waals surface area contributed by atoms with Gasteiger partial charge in [0.25, 0.3) is 5.91 Å². The van der Waals surface area contributed by atoms with Crippen LogP contribution in [0.1, 0.15) is 48.0 Å². The highest BCUT2D eigenvalue weighted by Crippen LogP contribution is 2.15. The third-order valence-corrected chi connectivity index (χ3v) is 4.11. The van der Waals surface area contributed by atoms with E-state index in [2.05, 4.69) is 16.4 Å². The van der Waals surface area contributed by atoms with Crippen LogP contribution in [0.5, 0.6) is 0 Å². The van der Waals surface area contributed by atoms with Gasteiger partial charge >= 0.3 is 0 Å². The number of rotatable bonds is 6. The third kappa shape index (κ3) is 5.88. The number of nitrogens with zero attached hydrogens (tertiary/aromatic N) is 2. The predicted molar refractivity (Wildman–Crippen MR) is 104 cm³/mol. The number of amides is 1. The average molecular weight is 366 g/mol. The van der Waals surface area contributed by atoms with Gasteiger partial charge in [0.05, 0.1) is 29.0 Å². The monoisotopic (exact) mass is 366 g/mol. The molecule has 0 aliphatic rings. The van der Waals surface area contributed by atoms with Crippen LogP contribution >= 0.6 is 0 Å². The molecule has 0 spiro atoms. The fourth-order valence-electron chi connectivity index (χ4n) is 2.76. The van der Waals surface area contributed by atoms with Crippen molar-refractivity contribution >= 4 is 5.91 Å². The second kappa shape index (κ2) is 8.76. The summed E-state index contributed by atoms with van der Waals surface area (Å²) in [6, 6.07) is 12.1. The van der Waals surface area contributed by atoms with E-state index in [9.17, 15) is 15.2 Å². The van der Waals surface area contributed by atoms with E-state index in [-0.39, 0.29) is 17.9 Å². The maximum absolute atomic E-state index is 12.5. The van der Waals surface area contributed by atoms with Crippen molar-refractivity contribution in [2.75, 3.05) is 0 Å². The van der Waals surface area contributed by atoms with Crippen molar-refractivity contribution in [1.29, 1.82) is 5.26 Å². The zero-order valence-corrected chi connectivity index (χ0v) is 15.9. The van der Waals surface area contributed by atoms with Gasteiger partial charge in [0, 0.05) is 24.2 Å². The number of carbonyl (C=O) groups is 1. The molecular formula is C21H26N4O2. The standard InChI is InChI=1S/C21H26N4O2/c1-21(2,3)25-20(27)16-9-6-10-24-18(16)12-19(26)17(23)11-14-7-4-5-8-15(14)13-22/h4-10,17,19,26H,11-12,23H2,1-3H3,(H,25,27)/t17-,19+/m1/s1. The highest BCUT2D eigenvalue weighted by Gasteiger charge is 2.23. The molecule has 0 unspecified atom stereocenters. The third-order valence-electron chi connectivity index (χ3n) is 4.11. The highest BCUT2D eigenvalue weighted by molar-refractivity contribution is 5.95. The minimum absolute atomic E-state index is 0.156. The minimum Gasteiger partial charge on any atom is -0.391 e. The molecule has 27 heavy (non-hydrogen) atoms. The van der Waals surface area contributed by atoms with E-state index < -0.39 is 12.1 Å². The second-order valence-electron chi connectivity index (χ2n) is 7.61. The molecule has 0 fully saturated rings. The summed E-state index contributed by atoms with van der Waals surface area (Å²) in [6.45, 7) is 5.70. The number of nitrogens with two attached hydrogens (primary N) is 1. The van der Waals surface area contributed by atoms with E-state index in [1.54, 1.807) is 30.5 Å². The van der Waals surface area contributed by atoms with Crippen molar-refractivity contribution in [2.45, 2.75) is 51.3 Å². The lowest BCUT2D eigenvalue weighted by atomic mass is 9.95. The Morgan fingerprint density at radius 1 is 1.26 bits per heavy atom. The Balaban J connectivity index is 2.12. The molecule has 2 atom stereocenters. The summed E-state index contributed by atoms with van der Waals surface area (Å²) in [5, 5.41) is 22.6. The number of carbonyl (C=O) groups excluding carboxylic acids is 1. The summed E-state index contributed by atoms with van der Waals surface area (Å²) in [7, 11) is 0. The number of benzene rings is 1. The van der Waals surface area contributed by atoms with Crippen LogP contribution in [-0.2, 0) is 12.8 Å². The van der Waals surface area contributed by atoms with Gasteiger partial charge in [-0.15, -0.1) is 0 Å². The van der Waals surface area contributed by atoms with Crippen molar-refractivity contribution in [3.63, 3.8) is 0 Å². The van der Waals surface area contributed by atoms with E-state index in [4.69, 9.17) is 5.73 Å². The smallest absolute Gasteiger partial charge is 0.253 e. The van der Waals surface area contributed by atoms with Crippen LogP contribution in [0.2, 0.25) is 0 Å². The Bertz CT molecular complexity index is 837. The molecular weight excluding hydrogens is 340 g/mol. The summed E-state index contributed by atoms with van der Waals surface area (Å²) in [4.78, 5) is 16.8. The quantitative estimate of drug-likeness (QED) is 0.723. The Morgan fingerprint density at radius 3 is 2.63 bits per heavy atom. The lowest BCUT2D eigenvalue weighted by Crippen LogP contribution is -2.42. The minimum atomic E-state index is -0.896. The first-order valence-corrected chi connectivity index (χ1v) is 8.89. The number of aliphatic hydroxyl groups excluding tert-OH is 1. The van der Waals surface area contributed by atoms with E-state index in [0.29, 0.717) is 23.2 Å². The predicted octanol–water partition coefficient (Wildman–Crippen LogP) is 1.95. The molecule has 0 radical (unpaired) electrons. The lowest BCUT2D eigenvalue weighted by Gasteiger charge is -2.23. The Labute approximate surface area is 160 Å². The topological polar surface area (TPSA) is 112 Å². The van der Waals surface area contributed by atoms with Crippen LogP contribution in [0.25, 0.3) is 0 Å². The normalized spacial score (nSPS) is 13.5. The zero-order valence-electron chi connectivity index (χ0n) is 15.9. The van der Waals surface area contributed by atoms with Crippen molar-refractivity contribution in [1.82, 2.24) is 10.3 Å². The van der Waals surface area contributed by atoms with Gasteiger partial charge in [-0.3, -0.25) is 9.78 Å². The number of aromatic nitrogens is 1. The Hall–Kier alpha value is -2.75. The van der Waals surface area contributed by atoms with Gasteiger partial charge in [-0.2, -0.15) is 5.26 Å². The fourth-order valence-corrected chi connectivity index (χ4v) is 2.76. The summed E-state index contributed by atoms with van der Waals surface area (Å²) in [6.07, 6.45) is 1.21. The van der Waals surface area contributed by atoms with Crippen LogP contribution in [0.3, 0.4) is 0 Å². The number of nitriles is 1. The fraction of sp³-hybridized carbons (Fsp3) is 0.381. The molecule has 1 aromatic carbocycles. The van der Waals surface area contributed by atoms with Crippen molar-refractivity contribution in [3.8, 4) is 6.07 Å². The van der Waals surface area contributed by atoms with Crippen molar-refractivity contribution < 1.29 is 9.90 Å². The molecule has 1 heterocycles. The van der Waals surface area contributed by atoms with Crippen LogP contribution in [0.4, 0.5) is 0 Å². The largest absolute Gasteiger partial charge is 0.391 e. The van der Waals surface area contributed by atoms with Gasteiger partial charge < -0.3 is 16.2 Å². The molecule has 0 bridgehead atoms. The van der Waals surface area contributed by atoms with E-state index >= 15 is 0 Å². The van der Waals surface area contributed by atoms with Crippen LogP contribution in [-0.4, -0.2) is 33.7 Å². The van der Waals surface area contributed by atoms with Gasteiger partial charge in [-0.1, -0.05) is 18.2 Å². The highest BCUT2D eigenvalue weighted by atomic mass is 16.3. The van der Waals surface area contributed by atoms with Crippen molar-refractivity contribution in [2.24, 2.45) is 5.73 Å². The molecule has 1 amide bonds. The first kappa shape index (κ1) is 20.6. The van der Waals surface area contributed by atoms with E-state index in [1.807, 2.05) is 32.9 Å². The second-order valence-corrected chi connectivity index (χ2v) is 7.61. The maximum Gasteiger partial charge on any atom is 0.253 e. The van der Waals surface area contributed by atoms with Crippen LogP contribution in [0.15, 0.2) is 42.6 Å². The number of aliphatic hydroxyl groups is 1. The van der Waals surface area contributed by atoms with E-state index in [1.165, 1.54) is 0 Å². The number of hydrogen-bond acceptors (Lipinski definition) is 5. The lowest BCUT2D eigenvalue weighted by molar-refractivity contribution is 0.0916. The molecule has 2 rings (SSSR count). The van der Waals surface area contributed by atoms with Crippen LogP contribution < -0.4 is 11.1 Å². The first-order chi connectivity index (χ1) is 12.7. The molecule has 1 aromatic heterocycles. The van der Waals surface area contributed by atoms with Gasteiger partial charge in [-0.05, 0) is 51.0 Å². The van der Waals surface area contributed by atoms with Gasteiger partial charge in [-0.25, -0.2) is 0 Å². The van der Waals surface area contributed by atoms with Crippen molar-refractivity contribution in [3.05, 3.63) is 65.0 Å². The number of nitrogens with one attached hydrogen (secondary N) is 1. The molecule has 6 nitrogen and oxygen atoms in total. The van der Waals surface area contributed by atoms with Gasteiger partial charge in [0.15, 0.2) is 0 Å². The zero-order chi connectivity index (χ0) is 20.0. The average Bonchev–Trinajstić information content (AvgIpc) is 2.61. The van der Waals surface area contributed by atoms with E-state index in [0.717, 1.165) is 5.56 Å². The first-order valence-electron chi connectivity index (χ1n) is 8.89. The SMILES string of the molecule is CC(C)(C)NC(=O)c1cccnc1C[C@H](O)[C@H](N)Cc1ccccc1C#N. The molecule has 142 valence electrons. The van der Waals surface area contributed by atoms with Crippen LogP contribution in [0, 0.1) is 11.3 Å². The Kier molecular flexibility index (Phi) is 6.67. The molecule has 0 aliphatic heterocycles. The number of hydrogen-bond donors (Lipinski definition) is 3. The maximum atomic E-state index is 12.5. The molecule has 4 N–H and O–H groups in total. The number of pyridine rings is 1. The molecule has 0 aliphatic carbocycles. The molecule has 6 heteroatoms. The molecule has 0 saturated heterocycles. The summed E-state index contributed by atoms with van der Waals surface area (Å²) < 4.78 is 0.